The number of imidazole rings is 1. The van der Waals surface area contributed by atoms with Gasteiger partial charge in [-0.1, -0.05) is 34.1 Å². The minimum atomic E-state index is -0.423. The zero-order valence-electron chi connectivity index (χ0n) is 19.9. The standard InChI is InChI=1S/C23H38N6O3/c1-5-7-12-28-21-20(22(31)26-23(28)32)29(15-16(3)4)18(25-21)8-9-19(30)24-17-10-13-27(6-2)14-11-17/h16-17H,5-15H2,1-4H3,(H,24,30)(H,26,31,32). The first-order chi connectivity index (χ1) is 15.3. The number of carbonyl (C=O) groups excluding carboxylic acids is 1. The largest absolute Gasteiger partial charge is 0.353 e. The minimum absolute atomic E-state index is 0.0142. The number of nitrogens with zero attached hydrogens (tertiary/aromatic N) is 4. The van der Waals surface area contributed by atoms with Crippen molar-refractivity contribution in [2.24, 2.45) is 5.92 Å². The molecule has 1 aliphatic heterocycles. The van der Waals surface area contributed by atoms with Crippen LogP contribution in [-0.4, -0.2) is 55.6 Å². The summed E-state index contributed by atoms with van der Waals surface area (Å²) in [5, 5.41) is 3.16. The Balaban J connectivity index is 1.80. The second-order valence-corrected chi connectivity index (χ2v) is 9.25. The van der Waals surface area contributed by atoms with Crippen LogP contribution in [0, 0.1) is 5.92 Å². The minimum Gasteiger partial charge on any atom is -0.353 e. The highest BCUT2D eigenvalue weighted by Crippen LogP contribution is 2.16. The van der Waals surface area contributed by atoms with Crippen LogP contribution in [0.4, 0.5) is 0 Å². The number of rotatable bonds is 10. The van der Waals surface area contributed by atoms with Gasteiger partial charge in [-0.3, -0.25) is 19.1 Å². The SMILES string of the molecule is CCCCn1c(=O)[nH]c(=O)c2c1nc(CCC(=O)NC1CCN(CC)CC1)n2CC(C)C. The second-order valence-electron chi connectivity index (χ2n) is 9.25. The lowest BCUT2D eigenvalue weighted by atomic mass is 10.0. The van der Waals surface area contributed by atoms with Crippen LogP contribution in [-0.2, 0) is 24.3 Å². The molecule has 0 unspecified atom stereocenters. The molecule has 9 heteroatoms. The van der Waals surface area contributed by atoms with Crippen molar-refractivity contribution in [1.82, 2.24) is 29.3 Å². The molecule has 0 atom stereocenters. The summed E-state index contributed by atoms with van der Waals surface area (Å²) >= 11 is 0. The summed E-state index contributed by atoms with van der Waals surface area (Å²) in [7, 11) is 0. The summed E-state index contributed by atoms with van der Waals surface area (Å²) < 4.78 is 3.45. The molecule has 178 valence electrons. The van der Waals surface area contributed by atoms with Crippen LogP contribution in [0.1, 0.15) is 65.6 Å². The van der Waals surface area contributed by atoms with Gasteiger partial charge in [-0.15, -0.1) is 0 Å². The molecule has 2 N–H and O–H groups in total. The van der Waals surface area contributed by atoms with Gasteiger partial charge in [0.25, 0.3) is 5.56 Å². The van der Waals surface area contributed by atoms with Crippen LogP contribution in [0.15, 0.2) is 9.59 Å². The molecule has 2 aromatic heterocycles. The van der Waals surface area contributed by atoms with Gasteiger partial charge < -0.3 is 14.8 Å². The zero-order valence-corrected chi connectivity index (χ0v) is 19.9. The third-order valence-electron chi connectivity index (χ3n) is 6.22. The van der Waals surface area contributed by atoms with E-state index in [0.717, 1.165) is 45.3 Å². The number of carbonyl (C=O) groups is 1. The van der Waals surface area contributed by atoms with Crippen LogP contribution in [0.25, 0.3) is 11.2 Å². The Labute approximate surface area is 189 Å². The maximum absolute atomic E-state index is 12.7. The fourth-order valence-electron chi connectivity index (χ4n) is 4.41. The zero-order chi connectivity index (χ0) is 23.3. The molecule has 9 nitrogen and oxygen atoms in total. The number of piperidine rings is 1. The van der Waals surface area contributed by atoms with Gasteiger partial charge in [-0.25, -0.2) is 9.78 Å². The number of aromatic amines is 1. The fraction of sp³-hybridized carbons (Fsp3) is 0.739. The number of aromatic nitrogens is 4. The molecular weight excluding hydrogens is 408 g/mol. The van der Waals surface area contributed by atoms with E-state index in [0.29, 0.717) is 48.8 Å². The molecule has 0 bridgehead atoms. The average Bonchev–Trinajstić information content (AvgIpc) is 3.10. The van der Waals surface area contributed by atoms with Gasteiger partial charge in [0, 0.05) is 45.1 Å². The topological polar surface area (TPSA) is 105 Å². The molecule has 3 rings (SSSR count). The van der Waals surface area contributed by atoms with Gasteiger partial charge in [0.1, 0.15) is 5.82 Å². The van der Waals surface area contributed by atoms with Gasteiger partial charge >= 0.3 is 5.69 Å². The molecule has 32 heavy (non-hydrogen) atoms. The molecule has 0 spiro atoms. The van der Waals surface area contributed by atoms with E-state index in [1.807, 2.05) is 4.57 Å². The lowest BCUT2D eigenvalue weighted by molar-refractivity contribution is -0.122. The Morgan fingerprint density at radius 1 is 1.19 bits per heavy atom. The quantitative estimate of drug-likeness (QED) is 0.580. The predicted octanol–water partition coefficient (Wildman–Crippen LogP) is 1.88. The second kappa shape index (κ2) is 10.9. The van der Waals surface area contributed by atoms with Crippen LogP contribution < -0.4 is 16.6 Å². The number of hydrogen-bond donors (Lipinski definition) is 2. The van der Waals surface area contributed by atoms with E-state index in [9.17, 15) is 14.4 Å². The van der Waals surface area contributed by atoms with E-state index in [4.69, 9.17) is 4.98 Å². The van der Waals surface area contributed by atoms with Gasteiger partial charge in [-0.2, -0.15) is 0 Å². The molecular formula is C23H38N6O3. The third kappa shape index (κ3) is 5.68. The normalized spacial score (nSPS) is 15.7. The first kappa shape index (κ1) is 24.2. The first-order valence-corrected chi connectivity index (χ1v) is 12.1. The number of amides is 1. The fourth-order valence-corrected chi connectivity index (χ4v) is 4.41. The van der Waals surface area contributed by atoms with Crippen molar-refractivity contribution in [3.05, 3.63) is 26.7 Å². The molecule has 0 radical (unpaired) electrons. The van der Waals surface area contributed by atoms with E-state index in [2.05, 4.69) is 42.9 Å². The van der Waals surface area contributed by atoms with Crippen LogP contribution in [0.5, 0.6) is 0 Å². The number of unbranched alkanes of at least 4 members (excludes halogenated alkanes) is 1. The van der Waals surface area contributed by atoms with Crippen molar-refractivity contribution < 1.29 is 4.79 Å². The summed E-state index contributed by atoms with van der Waals surface area (Å²) in [5.74, 6) is 0.991. The maximum Gasteiger partial charge on any atom is 0.330 e. The van der Waals surface area contributed by atoms with E-state index < -0.39 is 11.2 Å². The number of likely N-dealkylation sites (tertiary alicyclic amines) is 1. The number of fused-ring (bicyclic) bond motifs is 1. The van der Waals surface area contributed by atoms with Crippen molar-refractivity contribution in [3.8, 4) is 0 Å². The van der Waals surface area contributed by atoms with Crippen molar-refractivity contribution in [1.29, 1.82) is 0 Å². The third-order valence-corrected chi connectivity index (χ3v) is 6.22. The van der Waals surface area contributed by atoms with Crippen molar-refractivity contribution in [2.45, 2.75) is 85.4 Å². The number of aryl methyl sites for hydroxylation is 2. The summed E-state index contributed by atoms with van der Waals surface area (Å²) in [6, 6.07) is 0.224. The predicted molar refractivity (Wildman–Crippen MR) is 126 cm³/mol. The summed E-state index contributed by atoms with van der Waals surface area (Å²) in [6.07, 6.45) is 4.46. The first-order valence-electron chi connectivity index (χ1n) is 12.1. The molecule has 0 aromatic carbocycles. The molecule has 1 saturated heterocycles. The smallest absolute Gasteiger partial charge is 0.330 e. The molecule has 2 aromatic rings. The Kier molecular flexibility index (Phi) is 8.28. The molecule has 1 amide bonds. The Morgan fingerprint density at radius 2 is 1.91 bits per heavy atom. The van der Waals surface area contributed by atoms with E-state index >= 15 is 0 Å². The van der Waals surface area contributed by atoms with Crippen molar-refractivity contribution in [3.63, 3.8) is 0 Å². The van der Waals surface area contributed by atoms with Crippen molar-refractivity contribution in [2.75, 3.05) is 19.6 Å². The maximum atomic E-state index is 12.7. The molecule has 1 fully saturated rings. The highest BCUT2D eigenvalue weighted by atomic mass is 16.2. The van der Waals surface area contributed by atoms with Crippen LogP contribution in [0.2, 0.25) is 0 Å². The average molecular weight is 447 g/mol. The Bertz CT molecular complexity index is 1030. The molecule has 3 heterocycles. The lowest BCUT2D eigenvalue weighted by Crippen LogP contribution is -2.44. The summed E-state index contributed by atoms with van der Waals surface area (Å²) in [6.45, 7) is 12.6. The Morgan fingerprint density at radius 3 is 2.53 bits per heavy atom. The van der Waals surface area contributed by atoms with Crippen molar-refractivity contribution >= 4 is 17.1 Å². The van der Waals surface area contributed by atoms with Gasteiger partial charge in [0.15, 0.2) is 11.2 Å². The van der Waals surface area contributed by atoms with E-state index in [-0.39, 0.29) is 11.9 Å². The molecule has 0 aliphatic carbocycles. The van der Waals surface area contributed by atoms with E-state index in [1.54, 1.807) is 4.57 Å². The highest BCUT2D eigenvalue weighted by Gasteiger charge is 2.22. The number of nitrogens with one attached hydrogen (secondary N) is 2. The monoisotopic (exact) mass is 446 g/mol. The van der Waals surface area contributed by atoms with Crippen LogP contribution >= 0.6 is 0 Å². The Hall–Kier alpha value is -2.42. The van der Waals surface area contributed by atoms with Crippen LogP contribution in [0.3, 0.4) is 0 Å². The van der Waals surface area contributed by atoms with Gasteiger partial charge in [0.2, 0.25) is 5.91 Å². The number of H-pyrrole nitrogens is 1. The molecule has 0 saturated carbocycles. The lowest BCUT2D eigenvalue weighted by Gasteiger charge is -2.31. The van der Waals surface area contributed by atoms with E-state index in [1.165, 1.54) is 0 Å². The highest BCUT2D eigenvalue weighted by molar-refractivity contribution is 5.77. The van der Waals surface area contributed by atoms with Gasteiger partial charge in [0.05, 0.1) is 0 Å². The number of hydrogen-bond acceptors (Lipinski definition) is 5. The summed E-state index contributed by atoms with van der Waals surface area (Å²) in [4.78, 5) is 47.3. The van der Waals surface area contributed by atoms with Gasteiger partial charge in [-0.05, 0) is 31.7 Å². The molecule has 1 aliphatic rings. The summed E-state index contributed by atoms with van der Waals surface area (Å²) in [5.41, 5.74) is 0.0177.